The molecule has 84 valence electrons. The van der Waals surface area contributed by atoms with Gasteiger partial charge in [0.15, 0.2) is 11.2 Å². The molecule has 2 rings (SSSR count). The van der Waals surface area contributed by atoms with Crippen molar-refractivity contribution in [2.75, 3.05) is 13.7 Å². The molecule has 1 aliphatic carbocycles. The van der Waals surface area contributed by atoms with Gasteiger partial charge in [-0.05, 0) is 19.3 Å². The van der Waals surface area contributed by atoms with Gasteiger partial charge in [0.1, 0.15) is 5.60 Å². The van der Waals surface area contributed by atoms with E-state index in [1.165, 1.54) is 7.11 Å². The van der Waals surface area contributed by atoms with Crippen molar-refractivity contribution in [2.24, 2.45) is 5.41 Å². The molecule has 4 heteroatoms. The maximum atomic E-state index is 12.0. The van der Waals surface area contributed by atoms with Gasteiger partial charge in [-0.3, -0.25) is 9.59 Å². The summed E-state index contributed by atoms with van der Waals surface area (Å²) in [5.41, 5.74) is -1.52. The molecule has 0 radical (unpaired) electrons. The second-order valence-electron chi connectivity index (χ2n) is 4.31. The highest BCUT2D eigenvalue weighted by Crippen LogP contribution is 2.57. The van der Waals surface area contributed by atoms with Crippen molar-refractivity contribution in [3.8, 4) is 0 Å². The SMILES string of the molecule is CCC(=O)C1(C(=O)OC)CCCC12CO2. The Bertz CT molecular complexity index is 288. The Kier molecular flexibility index (Phi) is 2.34. The number of esters is 1. The lowest BCUT2D eigenvalue weighted by Crippen LogP contribution is -2.48. The fourth-order valence-electron chi connectivity index (χ4n) is 2.83. The van der Waals surface area contributed by atoms with Crippen LogP contribution in [0.5, 0.6) is 0 Å². The molecule has 4 nitrogen and oxygen atoms in total. The molecule has 0 aromatic heterocycles. The second kappa shape index (κ2) is 3.30. The van der Waals surface area contributed by atoms with Crippen molar-refractivity contribution in [1.82, 2.24) is 0 Å². The highest BCUT2D eigenvalue weighted by Gasteiger charge is 2.71. The number of rotatable bonds is 3. The van der Waals surface area contributed by atoms with Crippen LogP contribution in [-0.4, -0.2) is 31.1 Å². The molecule has 0 aromatic carbocycles. The van der Waals surface area contributed by atoms with Crippen LogP contribution >= 0.6 is 0 Å². The molecular weight excluding hydrogens is 196 g/mol. The lowest BCUT2D eigenvalue weighted by atomic mass is 9.73. The van der Waals surface area contributed by atoms with Gasteiger partial charge in [0.05, 0.1) is 13.7 Å². The lowest BCUT2D eigenvalue weighted by Gasteiger charge is -2.28. The highest BCUT2D eigenvalue weighted by molar-refractivity contribution is 6.06. The Balaban J connectivity index is 2.39. The van der Waals surface area contributed by atoms with E-state index < -0.39 is 17.0 Å². The van der Waals surface area contributed by atoms with E-state index in [0.717, 1.165) is 12.8 Å². The van der Waals surface area contributed by atoms with Gasteiger partial charge in [0.2, 0.25) is 0 Å². The van der Waals surface area contributed by atoms with Gasteiger partial charge in [-0.25, -0.2) is 0 Å². The van der Waals surface area contributed by atoms with Crippen molar-refractivity contribution >= 4 is 11.8 Å². The van der Waals surface area contributed by atoms with E-state index in [-0.39, 0.29) is 5.78 Å². The Labute approximate surface area is 88.9 Å². The Hall–Kier alpha value is -0.900. The largest absolute Gasteiger partial charge is 0.468 e. The van der Waals surface area contributed by atoms with Crippen LogP contribution < -0.4 is 0 Å². The average molecular weight is 212 g/mol. The number of carbonyl (C=O) groups excluding carboxylic acids is 2. The van der Waals surface area contributed by atoms with Crippen LogP contribution in [0.15, 0.2) is 0 Å². The molecule has 0 aromatic rings. The standard InChI is InChI=1S/C11H16O4/c1-3-8(12)11(9(13)14-2)6-4-5-10(11)7-15-10/h3-7H2,1-2H3. The minimum Gasteiger partial charge on any atom is -0.468 e. The normalized spacial score (nSPS) is 38.0. The maximum absolute atomic E-state index is 12.0. The zero-order valence-electron chi connectivity index (χ0n) is 9.17. The Morgan fingerprint density at radius 3 is 2.53 bits per heavy atom. The van der Waals surface area contributed by atoms with Crippen LogP contribution in [0.4, 0.5) is 0 Å². The number of ketones is 1. The molecular formula is C11H16O4. The van der Waals surface area contributed by atoms with Gasteiger partial charge >= 0.3 is 5.97 Å². The molecule has 1 saturated heterocycles. The van der Waals surface area contributed by atoms with Crippen LogP contribution in [0.2, 0.25) is 0 Å². The van der Waals surface area contributed by atoms with Crippen molar-refractivity contribution < 1.29 is 19.1 Å². The van der Waals surface area contributed by atoms with E-state index in [0.29, 0.717) is 19.4 Å². The first-order valence-corrected chi connectivity index (χ1v) is 5.38. The van der Waals surface area contributed by atoms with Crippen LogP contribution in [0.1, 0.15) is 32.6 Å². The molecule has 1 heterocycles. The summed E-state index contributed by atoms with van der Waals surface area (Å²) in [4.78, 5) is 23.9. The summed E-state index contributed by atoms with van der Waals surface area (Å²) in [5, 5.41) is 0. The predicted octanol–water partition coefficient (Wildman–Crippen LogP) is 1.08. The third-order valence-electron chi connectivity index (χ3n) is 3.73. The average Bonchev–Trinajstić information content (AvgIpc) is 2.92. The molecule has 0 N–H and O–H groups in total. The van der Waals surface area contributed by atoms with Gasteiger partial charge < -0.3 is 9.47 Å². The molecule has 2 aliphatic rings. The molecule has 0 bridgehead atoms. The summed E-state index contributed by atoms with van der Waals surface area (Å²) in [6.07, 6.45) is 2.60. The zero-order chi connectivity index (χ0) is 11.1. The number of carbonyl (C=O) groups is 2. The molecule has 15 heavy (non-hydrogen) atoms. The summed E-state index contributed by atoms with van der Waals surface area (Å²) < 4.78 is 10.2. The van der Waals surface area contributed by atoms with Gasteiger partial charge in [-0.1, -0.05) is 6.92 Å². The molecule has 2 unspecified atom stereocenters. The topological polar surface area (TPSA) is 55.9 Å². The number of hydrogen-bond donors (Lipinski definition) is 0. The number of epoxide rings is 1. The van der Waals surface area contributed by atoms with Crippen molar-refractivity contribution in [3.05, 3.63) is 0 Å². The third-order valence-corrected chi connectivity index (χ3v) is 3.73. The van der Waals surface area contributed by atoms with E-state index in [9.17, 15) is 9.59 Å². The smallest absolute Gasteiger partial charge is 0.322 e. The number of hydrogen-bond acceptors (Lipinski definition) is 4. The molecule has 1 spiro atoms. The quantitative estimate of drug-likeness (QED) is 0.399. The van der Waals surface area contributed by atoms with Crippen molar-refractivity contribution in [1.29, 1.82) is 0 Å². The van der Waals surface area contributed by atoms with Crippen LogP contribution in [-0.2, 0) is 19.1 Å². The lowest BCUT2D eigenvalue weighted by molar-refractivity contribution is -0.161. The van der Waals surface area contributed by atoms with Gasteiger partial charge in [-0.2, -0.15) is 0 Å². The predicted molar refractivity (Wildman–Crippen MR) is 52.3 cm³/mol. The first-order valence-electron chi connectivity index (χ1n) is 5.38. The summed E-state index contributed by atoms with van der Waals surface area (Å²) in [6, 6.07) is 0. The summed E-state index contributed by atoms with van der Waals surface area (Å²) in [7, 11) is 1.33. The Morgan fingerprint density at radius 2 is 2.07 bits per heavy atom. The maximum Gasteiger partial charge on any atom is 0.322 e. The summed E-state index contributed by atoms with van der Waals surface area (Å²) in [5.74, 6) is -0.450. The molecule has 2 fully saturated rings. The van der Waals surface area contributed by atoms with Crippen molar-refractivity contribution in [3.63, 3.8) is 0 Å². The molecule has 1 saturated carbocycles. The fourth-order valence-corrected chi connectivity index (χ4v) is 2.83. The van der Waals surface area contributed by atoms with E-state index in [4.69, 9.17) is 9.47 Å². The first kappa shape index (κ1) is 10.6. The first-order chi connectivity index (χ1) is 7.13. The fraction of sp³-hybridized carbons (Fsp3) is 0.818. The van der Waals surface area contributed by atoms with Crippen molar-refractivity contribution in [2.45, 2.75) is 38.2 Å². The van der Waals surface area contributed by atoms with E-state index >= 15 is 0 Å². The minimum atomic E-state index is -1.00. The van der Waals surface area contributed by atoms with Gasteiger partial charge in [0.25, 0.3) is 0 Å². The summed E-state index contributed by atoms with van der Waals surface area (Å²) in [6.45, 7) is 2.30. The Morgan fingerprint density at radius 1 is 1.40 bits per heavy atom. The van der Waals surface area contributed by atoms with Crippen LogP contribution in [0.3, 0.4) is 0 Å². The van der Waals surface area contributed by atoms with Crippen LogP contribution in [0, 0.1) is 5.41 Å². The molecule has 2 atom stereocenters. The van der Waals surface area contributed by atoms with Gasteiger partial charge in [-0.15, -0.1) is 0 Å². The third kappa shape index (κ3) is 1.17. The van der Waals surface area contributed by atoms with E-state index in [2.05, 4.69) is 0 Å². The summed E-state index contributed by atoms with van der Waals surface area (Å²) >= 11 is 0. The minimum absolute atomic E-state index is 0.0376. The van der Waals surface area contributed by atoms with Gasteiger partial charge in [0, 0.05) is 6.42 Å². The number of methoxy groups -OCH3 is 1. The number of Topliss-reactive ketones (excluding diaryl/α,β-unsaturated/α-hetero) is 1. The van der Waals surface area contributed by atoms with Crippen LogP contribution in [0.25, 0.3) is 0 Å². The molecule has 0 amide bonds. The highest BCUT2D eigenvalue weighted by atomic mass is 16.6. The monoisotopic (exact) mass is 212 g/mol. The molecule has 1 aliphatic heterocycles. The second-order valence-corrected chi connectivity index (χ2v) is 4.31. The van der Waals surface area contributed by atoms with E-state index in [1.54, 1.807) is 6.92 Å². The number of ether oxygens (including phenoxy) is 2. The van der Waals surface area contributed by atoms with E-state index in [1.807, 2.05) is 0 Å². The zero-order valence-corrected chi connectivity index (χ0v) is 9.17.